The maximum atomic E-state index is 11.4. The molecule has 0 aromatic rings. The van der Waals surface area contributed by atoms with Gasteiger partial charge in [-0.2, -0.15) is 5.26 Å². The zero-order chi connectivity index (χ0) is 10.8. The van der Waals surface area contributed by atoms with E-state index in [9.17, 15) is 8.42 Å². The molecule has 1 atom stereocenters. The fourth-order valence-electron chi connectivity index (χ4n) is 1.90. The summed E-state index contributed by atoms with van der Waals surface area (Å²) in [6, 6.07) is 2.24. The van der Waals surface area contributed by atoms with Crippen LogP contribution in [0.1, 0.15) is 26.7 Å². The highest BCUT2D eigenvalue weighted by Crippen LogP contribution is 2.22. The van der Waals surface area contributed by atoms with Crippen LogP contribution in [0, 0.1) is 11.3 Å². The number of hydrogen-bond acceptors (Lipinski definition) is 4. The molecular weight excluding hydrogens is 200 g/mol. The topological polar surface area (TPSA) is 70.0 Å². The molecule has 14 heavy (non-hydrogen) atoms. The van der Waals surface area contributed by atoms with Gasteiger partial charge in [-0.05, 0) is 26.7 Å². The largest absolute Gasteiger partial charge is 0.296 e. The maximum Gasteiger partial charge on any atom is 0.153 e. The molecule has 1 rings (SSSR count). The lowest BCUT2D eigenvalue weighted by Gasteiger charge is -2.33. The van der Waals surface area contributed by atoms with Crippen molar-refractivity contribution in [3.05, 3.63) is 0 Å². The van der Waals surface area contributed by atoms with Crippen LogP contribution in [0.4, 0.5) is 0 Å². The summed E-state index contributed by atoms with van der Waals surface area (Å²) >= 11 is 0. The van der Waals surface area contributed by atoms with Gasteiger partial charge in [0.05, 0.1) is 17.6 Å². The molecule has 0 aromatic heterocycles. The first kappa shape index (κ1) is 11.5. The lowest BCUT2D eigenvalue weighted by molar-refractivity contribution is 0.368. The number of nitriles is 1. The highest BCUT2D eigenvalue weighted by atomic mass is 32.2. The Morgan fingerprint density at radius 2 is 2.14 bits per heavy atom. The smallest absolute Gasteiger partial charge is 0.153 e. The van der Waals surface area contributed by atoms with E-state index in [-0.39, 0.29) is 17.5 Å². The Labute approximate surface area is 85.2 Å². The quantitative estimate of drug-likeness (QED) is 0.728. The molecule has 1 fully saturated rings. The summed E-state index contributed by atoms with van der Waals surface area (Å²) in [6.07, 6.45) is 1.20. The molecular formula is C9H16N2O2S. The summed E-state index contributed by atoms with van der Waals surface area (Å²) in [4.78, 5) is 0. The van der Waals surface area contributed by atoms with E-state index in [2.05, 4.69) is 11.4 Å². The van der Waals surface area contributed by atoms with E-state index in [0.717, 1.165) is 0 Å². The number of nitrogens with one attached hydrogen (secondary N) is 1. The van der Waals surface area contributed by atoms with Crippen molar-refractivity contribution in [3.8, 4) is 6.07 Å². The molecule has 1 unspecified atom stereocenters. The maximum absolute atomic E-state index is 11.4. The lowest BCUT2D eigenvalue weighted by Crippen LogP contribution is -2.54. The first-order valence-corrected chi connectivity index (χ1v) is 6.61. The van der Waals surface area contributed by atoms with Crippen LogP contribution in [0.2, 0.25) is 0 Å². The molecule has 1 aliphatic heterocycles. The van der Waals surface area contributed by atoms with Gasteiger partial charge in [-0.3, -0.25) is 5.32 Å². The van der Waals surface area contributed by atoms with Crippen molar-refractivity contribution in [2.75, 3.05) is 11.5 Å². The average molecular weight is 216 g/mol. The Morgan fingerprint density at radius 3 is 2.57 bits per heavy atom. The summed E-state index contributed by atoms with van der Waals surface area (Å²) in [6.45, 7) is 3.83. The van der Waals surface area contributed by atoms with Gasteiger partial charge in [0.1, 0.15) is 5.54 Å². The summed E-state index contributed by atoms with van der Waals surface area (Å²) in [7, 11) is -3.03. The van der Waals surface area contributed by atoms with Gasteiger partial charge >= 0.3 is 0 Å². The predicted octanol–water partition coefficient (Wildman–Crippen LogP) is 0.455. The Morgan fingerprint density at radius 1 is 1.50 bits per heavy atom. The van der Waals surface area contributed by atoms with Gasteiger partial charge in [0.15, 0.2) is 9.84 Å². The van der Waals surface area contributed by atoms with E-state index >= 15 is 0 Å². The van der Waals surface area contributed by atoms with Gasteiger partial charge in [-0.25, -0.2) is 8.42 Å². The first-order chi connectivity index (χ1) is 6.39. The molecule has 0 aromatic carbocycles. The minimum atomic E-state index is -3.03. The normalized spacial score (nSPS) is 31.3. The molecule has 0 saturated carbocycles. The van der Waals surface area contributed by atoms with Crippen molar-refractivity contribution >= 4 is 9.84 Å². The molecule has 5 heteroatoms. The van der Waals surface area contributed by atoms with E-state index in [1.165, 1.54) is 0 Å². The zero-order valence-corrected chi connectivity index (χ0v) is 9.39. The van der Waals surface area contributed by atoms with Crippen LogP contribution in [0.5, 0.6) is 0 Å². The molecule has 0 bridgehead atoms. The van der Waals surface area contributed by atoms with E-state index in [1.54, 1.807) is 0 Å². The minimum Gasteiger partial charge on any atom is -0.296 e. The number of nitrogens with zero attached hydrogens (tertiary/aromatic N) is 1. The SMILES string of the molecule is CC(C)NC1(C#N)CCCS(=O)(=O)C1. The van der Waals surface area contributed by atoms with Crippen LogP contribution in [-0.4, -0.2) is 31.5 Å². The Hall–Kier alpha value is -0.600. The van der Waals surface area contributed by atoms with Crippen molar-refractivity contribution in [2.24, 2.45) is 0 Å². The van der Waals surface area contributed by atoms with Crippen LogP contribution in [-0.2, 0) is 9.84 Å². The molecule has 0 aliphatic carbocycles. The Bertz CT molecular complexity index is 342. The third-order valence-corrected chi connectivity index (χ3v) is 4.15. The van der Waals surface area contributed by atoms with Crippen LogP contribution >= 0.6 is 0 Å². The van der Waals surface area contributed by atoms with Crippen molar-refractivity contribution in [3.63, 3.8) is 0 Å². The predicted molar refractivity (Wildman–Crippen MR) is 54.5 cm³/mol. The van der Waals surface area contributed by atoms with E-state index < -0.39 is 15.4 Å². The third-order valence-electron chi connectivity index (χ3n) is 2.30. The van der Waals surface area contributed by atoms with Crippen LogP contribution < -0.4 is 5.32 Å². The van der Waals surface area contributed by atoms with Gasteiger partial charge < -0.3 is 0 Å². The molecule has 1 heterocycles. The highest BCUT2D eigenvalue weighted by Gasteiger charge is 2.39. The van der Waals surface area contributed by atoms with E-state index in [0.29, 0.717) is 12.8 Å². The summed E-state index contributed by atoms with van der Waals surface area (Å²) < 4.78 is 22.8. The van der Waals surface area contributed by atoms with Gasteiger partial charge in [0.25, 0.3) is 0 Å². The van der Waals surface area contributed by atoms with Gasteiger partial charge in [-0.1, -0.05) is 0 Å². The second-order valence-electron chi connectivity index (χ2n) is 4.19. The molecule has 1 saturated heterocycles. The first-order valence-electron chi connectivity index (χ1n) is 4.78. The number of rotatable bonds is 2. The molecule has 0 radical (unpaired) electrons. The average Bonchev–Trinajstić information content (AvgIpc) is 2.01. The summed E-state index contributed by atoms with van der Waals surface area (Å²) in [5.41, 5.74) is -0.856. The fourth-order valence-corrected chi connectivity index (χ4v) is 3.67. The van der Waals surface area contributed by atoms with Crippen LogP contribution in [0.15, 0.2) is 0 Å². The van der Waals surface area contributed by atoms with Gasteiger partial charge in [0.2, 0.25) is 0 Å². The second kappa shape index (κ2) is 3.87. The monoisotopic (exact) mass is 216 g/mol. The molecule has 1 N–H and O–H groups in total. The molecule has 80 valence electrons. The van der Waals surface area contributed by atoms with Crippen molar-refractivity contribution in [2.45, 2.75) is 38.3 Å². The van der Waals surface area contributed by atoms with Gasteiger partial charge in [0, 0.05) is 6.04 Å². The van der Waals surface area contributed by atoms with E-state index in [4.69, 9.17) is 5.26 Å². The highest BCUT2D eigenvalue weighted by molar-refractivity contribution is 7.91. The zero-order valence-electron chi connectivity index (χ0n) is 8.58. The van der Waals surface area contributed by atoms with Gasteiger partial charge in [-0.15, -0.1) is 0 Å². The standard InChI is InChI=1S/C9H16N2O2S/c1-8(2)11-9(6-10)4-3-5-14(12,13)7-9/h8,11H,3-5,7H2,1-2H3. The lowest BCUT2D eigenvalue weighted by atomic mass is 9.96. The molecule has 1 aliphatic rings. The van der Waals surface area contributed by atoms with E-state index in [1.807, 2.05) is 13.8 Å². The van der Waals surface area contributed by atoms with Crippen LogP contribution in [0.25, 0.3) is 0 Å². The molecule has 0 spiro atoms. The number of sulfone groups is 1. The summed E-state index contributed by atoms with van der Waals surface area (Å²) in [5.74, 6) is 0.172. The number of hydrogen-bond donors (Lipinski definition) is 1. The summed E-state index contributed by atoms with van der Waals surface area (Å²) in [5, 5.41) is 12.1. The fraction of sp³-hybridized carbons (Fsp3) is 0.889. The van der Waals surface area contributed by atoms with Crippen molar-refractivity contribution in [1.82, 2.24) is 5.32 Å². The third kappa shape index (κ3) is 2.69. The second-order valence-corrected chi connectivity index (χ2v) is 6.37. The minimum absolute atomic E-state index is 0.0469. The molecule has 0 amide bonds. The van der Waals surface area contributed by atoms with Crippen molar-refractivity contribution < 1.29 is 8.42 Å². The Balaban J connectivity index is 2.85. The van der Waals surface area contributed by atoms with Crippen molar-refractivity contribution in [1.29, 1.82) is 5.26 Å². The molecule has 4 nitrogen and oxygen atoms in total. The Kier molecular flexibility index (Phi) is 3.17. The van der Waals surface area contributed by atoms with Crippen LogP contribution in [0.3, 0.4) is 0 Å².